The van der Waals surface area contributed by atoms with Crippen LogP contribution in [-0.2, 0) is 0 Å². The molecule has 4 heteroatoms. The molecule has 1 aromatic heterocycles. The third kappa shape index (κ3) is 3.23. The lowest BCUT2D eigenvalue weighted by Gasteiger charge is -2.18. The van der Waals surface area contributed by atoms with Gasteiger partial charge < -0.3 is 10.4 Å². The van der Waals surface area contributed by atoms with Crippen LogP contribution in [0.15, 0.2) is 47.2 Å². The van der Waals surface area contributed by atoms with Crippen LogP contribution in [0.1, 0.15) is 24.9 Å². The van der Waals surface area contributed by atoms with Gasteiger partial charge >= 0.3 is 0 Å². The number of aromatic hydroxyl groups is 1. The molecule has 18 heavy (non-hydrogen) atoms. The number of nitrogens with zero attached hydrogens (tertiary/aromatic N) is 1. The Labute approximate surface area is 115 Å². The highest BCUT2D eigenvalue weighted by molar-refractivity contribution is 9.10. The van der Waals surface area contributed by atoms with Crippen molar-refractivity contribution in [2.75, 3.05) is 5.32 Å². The molecule has 3 nitrogen and oxygen atoms in total. The van der Waals surface area contributed by atoms with Crippen molar-refractivity contribution < 1.29 is 5.11 Å². The molecule has 1 heterocycles. The van der Waals surface area contributed by atoms with Crippen LogP contribution in [0.25, 0.3) is 0 Å². The normalized spacial score (nSPS) is 12.1. The van der Waals surface area contributed by atoms with E-state index in [2.05, 4.69) is 33.2 Å². The van der Waals surface area contributed by atoms with E-state index < -0.39 is 0 Å². The van der Waals surface area contributed by atoms with E-state index in [1.807, 2.05) is 24.3 Å². The molecule has 0 aliphatic heterocycles. The maximum atomic E-state index is 9.30. The number of benzene rings is 1. The molecule has 0 bridgehead atoms. The standard InChI is InChI=1S/C14H15BrN2O/c1-2-13(10-3-6-12(18)7-4-10)17-11-5-8-14(15)16-9-11/h3-9,13,17-18H,2H2,1H3. The highest BCUT2D eigenvalue weighted by atomic mass is 79.9. The lowest BCUT2D eigenvalue weighted by atomic mass is 10.0. The van der Waals surface area contributed by atoms with Crippen LogP contribution < -0.4 is 5.32 Å². The van der Waals surface area contributed by atoms with Crippen molar-refractivity contribution in [2.24, 2.45) is 0 Å². The molecule has 0 saturated heterocycles. The summed E-state index contributed by atoms with van der Waals surface area (Å²) in [5.74, 6) is 0.291. The molecule has 2 rings (SSSR count). The summed E-state index contributed by atoms with van der Waals surface area (Å²) in [6.07, 6.45) is 2.76. The smallest absolute Gasteiger partial charge is 0.115 e. The molecule has 0 amide bonds. The van der Waals surface area contributed by atoms with Crippen molar-refractivity contribution >= 4 is 21.6 Å². The van der Waals surface area contributed by atoms with Crippen molar-refractivity contribution in [3.05, 3.63) is 52.8 Å². The second-order valence-corrected chi connectivity index (χ2v) is 4.88. The van der Waals surface area contributed by atoms with E-state index in [0.717, 1.165) is 22.3 Å². The minimum absolute atomic E-state index is 0.216. The summed E-state index contributed by atoms with van der Waals surface area (Å²) >= 11 is 3.31. The number of pyridine rings is 1. The maximum Gasteiger partial charge on any atom is 0.115 e. The Bertz CT molecular complexity index is 496. The molecule has 0 aliphatic carbocycles. The van der Waals surface area contributed by atoms with Crippen molar-refractivity contribution in [1.82, 2.24) is 4.98 Å². The number of hydrogen-bond donors (Lipinski definition) is 2. The van der Waals surface area contributed by atoms with Gasteiger partial charge in [-0.25, -0.2) is 4.98 Å². The SMILES string of the molecule is CCC(Nc1ccc(Br)nc1)c1ccc(O)cc1. The van der Waals surface area contributed by atoms with Crippen molar-refractivity contribution in [3.63, 3.8) is 0 Å². The van der Waals surface area contributed by atoms with Crippen LogP contribution in [0.2, 0.25) is 0 Å². The first kappa shape index (κ1) is 12.9. The van der Waals surface area contributed by atoms with Gasteiger partial charge in [-0.05, 0) is 52.2 Å². The van der Waals surface area contributed by atoms with E-state index in [1.54, 1.807) is 18.3 Å². The quantitative estimate of drug-likeness (QED) is 0.835. The number of anilines is 1. The van der Waals surface area contributed by atoms with Gasteiger partial charge in [-0.3, -0.25) is 0 Å². The van der Waals surface area contributed by atoms with Gasteiger partial charge in [0.25, 0.3) is 0 Å². The predicted octanol–water partition coefficient (Wildman–Crippen LogP) is 4.11. The first-order chi connectivity index (χ1) is 8.69. The van der Waals surface area contributed by atoms with Gasteiger partial charge in [-0.1, -0.05) is 19.1 Å². The monoisotopic (exact) mass is 306 g/mol. The van der Waals surface area contributed by atoms with E-state index >= 15 is 0 Å². The summed E-state index contributed by atoms with van der Waals surface area (Å²) in [6, 6.07) is 11.4. The summed E-state index contributed by atoms with van der Waals surface area (Å²) < 4.78 is 0.825. The van der Waals surface area contributed by atoms with Gasteiger partial charge in [0.05, 0.1) is 17.9 Å². The number of phenolic OH excluding ortho intramolecular Hbond substituents is 1. The highest BCUT2D eigenvalue weighted by Crippen LogP contribution is 2.24. The number of halogens is 1. The summed E-state index contributed by atoms with van der Waals surface area (Å²) in [7, 11) is 0. The molecular formula is C14H15BrN2O. The summed E-state index contributed by atoms with van der Waals surface area (Å²) in [6.45, 7) is 2.12. The predicted molar refractivity (Wildman–Crippen MR) is 76.7 cm³/mol. The van der Waals surface area contributed by atoms with E-state index in [1.165, 1.54) is 0 Å². The molecule has 0 fully saturated rings. The zero-order valence-electron chi connectivity index (χ0n) is 10.1. The van der Waals surface area contributed by atoms with Crippen LogP contribution in [0, 0.1) is 0 Å². The highest BCUT2D eigenvalue weighted by Gasteiger charge is 2.09. The number of phenols is 1. The molecule has 1 atom stereocenters. The molecule has 0 spiro atoms. The lowest BCUT2D eigenvalue weighted by molar-refractivity contribution is 0.475. The maximum absolute atomic E-state index is 9.30. The largest absolute Gasteiger partial charge is 0.508 e. The fraction of sp³-hybridized carbons (Fsp3) is 0.214. The Morgan fingerprint density at radius 1 is 1.22 bits per heavy atom. The number of nitrogens with one attached hydrogen (secondary N) is 1. The Morgan fingerprint density at radius 2 is 1.94 bits per heavy atom. The van der Waals surface area contributed by atoms with Gasteiger partial charge in [0.2, 0.25) is 0 Å². The van der Waals surface area contributed by atoms with Crippen LogP contribution in [-0.4, -0.2) is 10.1 Å². The molecule has 0 radical (unpaired) electrons. The van der Waals surface area contributed by atoms with Crippen LogP contribution in [0.5, 0.6) is 5.75 Å². The van der Waals surface area contributed by atoms with Gasteiger partial charge in [0.15, 0.2) is 0 Å². The first-order valence-corrected chi connectivity index (χ1v) is 6.65. The van der Waals surface area contributed by atoms with Crippen LogP contribution in [0.3, 0.4) is 0 Å². The Kier molecular flexibility index (Phi) is 4.20. The average molecular weight is 307 g/mol. The van der Waals surface area contributed by atoms with E-state index in [0.29, 0.717) is 5.75 Å². The lowest BCUT2D eigenvalue weighted by Crippen LogP contribution is -2.09. The second-order valence-electron chi connectivity index (χ2n) is 4.07. The minimum Gasteiger partial charge on any atom is -0.508 e. The van der Waals surface area contributed by atoms with Crippen molar-refractivity contribution in [3.8, 4) is 5.75 Å². The third-order valence-corrected chi connectivity index (χ3v) is 3.24. The fourth-order valence-corrected chi connectivity index (χ4v) is 2.02. The number of rotatable bonds is 4. The Hall–Kier alpha value is -1.55. The third-order valence-electron chi connectivity index (χ3n) is 2.77. The first-order valence-electron chi connectivity index (χ1n) is 5.86. The molecule has 1 unspecified atom stereocenters. The average Bonchev–Trinajstić information content (AvgIpc) is 2.39. The summed E-state index contributed by atoms with van der Waals surface area (Å²) in [5, 5.41) is 12.7. The van der Waals surface area contributed by atoms with Gasteiger partial charge in [0.1, 0.15) is 10.4 Å². The molecule has 2 aromatic rings. The summed E-state index contributed by atoms with van der Waals surface area (Å²) in [4.78, 5) is 4.19. The zero-order valence-corrected chi connectivity index (χ0v) is 11.7. The van der Waals surface area contributed by atoms with Gasteiger partial charge in [0, 0.05) is 0 Å². The fourth-order valence-electron chi connectivity index (χ4n) is 1.79. The molecule has 0 aliphatic rings. The summed E-state index contributed by atoms with van der Waals surface area (Å²) in [5.41, 5.74) is 2.14. The van der Waals surface area contributed by atoms with Crippen LogP contribution in [0.4, 0.5) is 5.69 Å². The molecule has 94 valence electrons. The molecular weight excluding hydrogens is 292 g/mol. The van der Waals surface area contributed by atoms with E-state index in [9.17, 15) is 5.11 Å². The Morgan fingerprint density at radius 3 is 2.50 bits per heavy atom. The molecule has 2 N–H and O–H groups in total. The van der Waals surface area contributed by atoms with E-state index in [-0.39, 0.29) is 6.04 Å². The topological polar surface area (TPSA) is 45.2 Å². The van der Waals surface area contributed by atoms with E-state index in [4.69, 9.17) is 0 Å². The number of aromatic nitrogens is 1. The van der Waals surface area contributed by atoms with Crippen molar-refractivity contribution in [2.45, 2.75) is 19.4 Å². The van der Waals surface area contributed by atoms with Crippen LogP contribution >= 0.6 is 15.9 Å². The Balaban J connectivity index is 2.14. The van der Waals surface area contributed by atoms with Crippen molar-refractivity contribution in [1.29, 1.82) is 0 Å². The molecule has 0 saturated carbocycles. The number of hydrogen-bond acceptors (Lipinski definition) is 3. The van der Waals surface area contributed by atoms with Gasteiger partial charge in [-0.15, -0.1) is 0 Å². The second kappa shape index (κ2) is 5.87. The molecule has 1 aromatic carbocycles. The van der Waals surface area contributed by atoms with Gasteiger partial charge in [-0.2, -0.15) is 0 Å². The minimum atomic E-state index is 0.216. The zero-order chi connectivity index (χ0) is 13.0.